The molecule has 0 atom stereocenters. The Morgan fingerprint density at radius 3 is 2.56 bits per heavy atom. The molecule has 0 saturated heterocycles. The zero-order valence-corrected chi connectivity index (χ0v) is 10.5. The summed E-state index contributed by atoms with van der Waals surface area (Å²) in [6, 6.07) is 7.11. The van der Waals surface area contributed by atoms with Crippen molar-refractivity contribution >= 4 is 11.9 Å². The summed E-state index contributed by atoms with van der Waals surface area (Å²) >= 11 is 0. The molecule has 1 rings (SSSR count). The molecule has 5 nitrogen and oxygen atoms in total. The van der Waals surface area contributed by atoms with E-state index in [2.05, 4.69) is 0 Å². The van der Waals surface area contributed by atoms with Crippen molar-refractivity contribution in [3.8, 4) is 0 Å². The summed E-state index contributed by atoms with van der Waals surface area (Å²) in [5.41, 5.74) is 1.35. The van der Waals surface area contributed by atoms with Crippen molar-refractivity contribution < 1.29 is 19.4 Å². The van der Waals surface area contributed by atoms with Gasteiger partial charge in [0.2, 0.25) is 0 Å². The Bertz CT molecular complexity index is 431. The molecule has 18 heavy (non-hydrogen) atoms. The summed E-state index contributed by atoms with van der Waals surface area (Å²) in [5, 5.41) is 8.81. The van der Waals surface area contributed by atoms with Gasteiger partial charge in [0.25, 0.3) is 5.91 Å². The lowest BCUT2D eigenvalue weighted by Gasteiger charge is -2.21. The minimum absolute atomic E-state index is 0.260. The molecule has 0 fully saturated rings. The number of methoxy groups -OCH3 is 1. The van der Waals surface area contributed by atoms with E-state index in [9.17, 15) is 9.59 Å². The average molecular weight is 251 g/mol. The van der Waals surface area contributed by atoms with Gasteiger partial charge < -0.3 is 14.7 Å². The van der Waals surface area contributed by atoms with Gasteiger partial charge >= 0.3 is 5.97 Å². The lowest BCUT2D eigenvalue weighted by atomic mass is 10.1. The van der Waals surface area contributed by atoms with Crippen LogP contribution in [0.2, 0.25) is 0 Å². The maximum atomic E-state index is 12.2. The fourth-order valence-corrected chi connectivity index (χ4v) is 1.60. The first-order chi connectivity index (χ1) is 8.56. The Hall–Kier alpha value is -1.88. The van der Waals surface area contributed by atoms with E-state index in [0.717, 1.165) is 5.56 Å². The molecule has 0 aromatic heterocycles. The zero-order valence-electron chi connectivity index (χ0n) is 10.5. The smallest absolute Gasteiger partial charge is 0.323 e. The number of carboxylic acid groups (broad SMARTS) is 1. The number of hydrogen-bond acceptors (Lipinski definition) is 3. The van der Waals surface area contributed by atoms with Gasteiger partial charge in [-0.25, -0.2) is 0 Å². The van der Waals surface area contributed by atoms with Crippen LogP contribution in [0.25, 0.3) is 0 Å². The standard InChI is InChI=1S/C13H17NO4/c1-10-5-3-4-6-11(10)13(17)14(7-8-18-2)9-12(15)16/h3-6H,7-9H2,1-2H3,(H,15,16). The minimum atomic E-state index is -1.03. The predicted molar refractivity (Wildman–Crippen MR) is 66.6 cm³/mol. The van der Waals surface area contributed by atoms with Crippen LogP contribution in [-0.4, -0.2) is 48.7 Å². The van der Waals surface area contributed by atoms with E-state index >= 15 is 0 Å². The van der Waals surface area contributed by atoms with Crippen molar-refractivity contribution in [3.63, 3.8) is 0 Å². The number of benzene rings is 1. The van der Waals surface area contributed by atoms with Gasteiger partial charge in [-0.15, -0.1) is 0 Å². The molecule has 0 aliphatic heterocycles. The molecule has 1 aromatic carbocycles. The van der Waals surface area contributed by atoms with Crippen LogP contribution >= 0.6 is 0 Å². The van der Waals surface area contributed by atoms with Gasteiger partial charge in [0.15, 0.2) is 0 Å². The van der Waals surface area contributed by atoms with Crippen molar-refractivity contribution in [2.75, 3.05) is 26.8 Å². The number of aryl methyl sites for hydroxylation is 1. The van der Waals surface area contributed by atoms with Crippen LogP contribution < -0.4 is 0 Å². The Labute approximate surface area is 106 Å². The highest BCUT2D eigenvalue weighted by Crippen LogP contribution is 2.10. The molecule has 1 amide bonds. The van der Waals surface area contributed by atoms with E-state index in [1.165, 1.54) is 12.0 Å². The maximum absolute atomic E-state index is 12.2. The average Bonchev–Trinajstić information content (AvgIpc) is 2.34. The van der Waals surface area contributed by atoms with Crippen LogP contribution in [0.3, 0.4) is 0 Å². The first-order valence-corrected chi connectivity index (χ1v) is 5.62. The minimum Gasteiger partial charge on any atom is -0.480 e. The lowest BCUT2D eigenvalue weighted by molar-refractivity contribution is -0.137. The number of rotatable bonds is 6. The van der Waals surface area contributed by atoms with Gasteiger partial charge in [-0.3, -0.25) is 9.59 Å². The Kier molecular flexibility index (Phi) is 5.32. The summed E-state index contributed by atoms with van der Waals surface area (Å²) in [6.45, 7) is 2.07. The summed E-state index contributed by atoms with van der Waals surface area (Å²) < 4.78 is 4.88. The van der Waals surface area contributed by atoms with Gasteiger partial charge in [0, 0.05) is 19.2 Å². The Balaban J connectivity index is 2.87. The van der Waals surface area contributed by atoms with Crippen LogP contribution in [-0.2, 0) is 9.53 Å². The van der Waals surface area contributed by atoms with Crippen LogP contribution in [0.1, 0.15) is 15.9 Å². The maximum Gasteiger partial charge on any atom is 0.323 e. The molecule has 0 unspecified atom stereocenters. The molecule has 5 heteroatoms. The third-order valence-electron chi connectivity index (χ3n) is 2.55. The first kappa shape index (κ1) is 14.2. The first-order valence-electron chi connectivity index (χ1n) is 5.62. The van der Waals surface area contributed by atoms with Gasteiger partial charge in [-0.05, 0) is 18.6 Å². The van der Waals surface area contributed by atoms with Crippen molar-refractivity contribution in [1.29, 1.82) is 0 Å². The number of carbonyl (C=O) groups excluding carboxylic acids is 1. The number of aliphatic carboxylic acids is 1. The molecule has 98 valence electrons. The molecule has 1 aromatic rings. The van der Waals surface area contributed by atoms with Gasteiger partial charge in [-0.2, -0.15) is 0 Å². The second-order valence-corrected chi connectivity index (χ2v) is 3.93. The molecule has 0 heterocycles. The van der Waals surface area contributed by atoms with Crippen molar-refractivity contribution in [2.45, 2.75) is 6.92 Å². The van der Waals surface area contributed by atoms with Crippen LogP contribution in [0, 0.1) is 6.92 Å². The highest BCUT2D eigenvalue weighted by molar-refractivity contribution is 5.97. The van der Waals surface area contributed by atoms with Crippen LogP contribution in [0.4, 0.5) is 0 Å². The summed E-state index contributed by atoms with van der Waals surface area (Å²) in [5.74, 6) is -1.32. The molecule has 0 bridgehead atoms. The van der Waals surface area contributed by atoms with Crippen LogP contribution in [0.15, 0.2) is 24.3 Å². The molecule has 0 aliphatic rings. The Morgan fingerprint density at radius 2 is 2.00 bits per heavy atom. The molecular formula is C13H17NO4. The number of nitrogens with zero attached hydrogens (tertiary/aromatic N) is 1. The third-order valence-corrected chi connectivity index (χ3v) is 2.55. The Morgan fingerprint density at radius 1 is 1.33 bits per heavy atom. The second-order valence-electron chi connectivity index (χ2n) is 3.93. The number of hydrogen-bond donors (Lipinski definition) is 1. The molecular weight excluding hydrogens is 234 g/mol. The van der Waals surface area contributed by atoms with Gasteiger partial charge in [-0.1, -0.05) is 18.2 Å². The number of carboxylic acids is 1. The highest BCUT2D eigenvalue weighted by Gasteiger charge is 2.19. The van der Waals surface area contributed by atoms with Crippen LogP contribution in [0.5, 0.6) is 0 Å². The molecule has 0 spiro atoms. The quantitative estimate of drug-likeness (QED) is 0.824. The highest BCUT2D eigenvalue weighted by atomic mass is 16.5. The summed E-state index contributed by atoms with van der Waals surface area (Å²) in [4.78, 5) is 24.2. The third kappa shape index (κ3) is 3.85. The fourth-order valence-electron chi connectivity index (χ4n) is 1.60. The summed E-state index contributed by atoms with van der Waals surface area (Å²) in [7, 11) is 1.51. The monoisotopic (exact) mass is 251 g/mol. The van der Waals surface area contributed by atoms with Crippen molar-refractivity contribution in [2.24, 2.45) is 0 Å². The number of carbonyl (C=O) groups is 2. The van der Waals surface area contributed by atoms with E-state index in [1.54, 1.807) is 12.1 Å². The molecule has 0 saturated carbocycles. The molecule has 1 N–H and O–H groups in total. The van der Waals surface area contributed by atoms with E-state index in [4.69, 9.17) is 9.84 Å². The molecule has 0 radical (unpaired) electrons. The largest absolute Gasteiger partial charge is 0.480 e. The predicted octanol–water partition coefficient (Wildman–Crippen LogP) is 1.17. The van der Waals surface area contributed by atoms with Gasteiger partial charge in [0.05, 0.1) is 6.61 Å². The summed E-state index contributed by atoms with van der Waals surface area (Å²) in [6.07, 6.45) is 0. The number of amides is 1. The fraction of sp³-hybridized carbons (Fsp3) is 0.385. The zero-order chi connectivity index (χ0) is 13.5. The second kappa shape index (κ2) is 6.76. The van der Waals surface area contributed by atoms with E-state index in [-0.39, 0.29) is 19.0 Å². The normalized spacial score (nSPS) is 10.1. The van der Waals surface area contributed by atoms with Crippen molar-refractivity contribution in [3.05, 3.63) is 35.4 Å². The van der Waals surface area contributed by atoms with E-state index in [0.29, 0.717) is 12.2 Å². The topological polar surface area (TPSA) is 66.8 Å². The van der Waals surface area contributed by atoms with Gasteiger partial charge in [0.1, 0.15) is 6.54 Å². The SMILES string of the molecule is COCCN(CC(=O)O)C(=O)c1ccccc1C. The van der Waals surface area contributed by atoms with Crippen molar-refractivity contribution in [1.82, 2.24) is 4.90 Å². The van der Waals surface area contributed by atoms with E-state index < -0.39 is 5.97 Å². The van der Waals surface area contributed by atoms with E-state index in [1.807, 2.05) is 19.1 Å². The number of ether oxygens (including phenoxy) is 1. The molecule has 0 aliphatic carbocycles. The lowest BCUT2D eigenvalue weighted by Crippen LogP contribution is -2.38.